The number of aliphatic hydroxyl groups excluding tert-OH is 1. The standard InChI is InChI=1S/C34H40N4O5/c1-22-18-38(23(2)20-39)33(40)32-31(28-15-8-9-16-29(28)37(32)4)27-14-7-6-11-24(27)21-43-30(22)19-36(3)34(41)35-25-12-10-13-26(17-25)42-5/h6-17,22-23,30,39H,18-21H2,1-5H3,(H,35,41)/t22-,23+,30-/m1/s1. The maximum atomic E-state index is 14.5. The zero-order valence-electron chi connectivity index (χ0n) is 25.4. The molecule has 2 heterocycles. The van der Waals surface area contributed by atoms with E-state index in [1.54, 1.807) is 36.1 Å². The summed E-state index contributed by atoms with van der Waals surface area (Å²) in [6, 6.07) is 22.5. The zero-order chi connectivity index (χ0) is 30.7. The van der Waals surface area contributed by atoms with Gasteiger partial charge in [-0.2, -0.15) is 0 Å². The Morgan fingerprint density at radius 3 is 2.65 bits per heavy atom. The number of hydrogen-bond acceptors (Lipinski definition) is 5. The molecule has 2 N–H and O–H groups in total. The average molecular weight is 585 g/mol. The van der Waals surface area contributed by atoms with Crippen molar-refractivity contribution in [1.82, 2.24) is 14.4 Å². The molecular weight excluding hydrogens is 544 g/mol. The Morgan fingerprint density at radius 2 is 1.88 bits per heavy atom. The van der Waals surface area contributed by atoms with Gasteiger partial charge in [-0.15, -0.1) is 0 Å². The molecule has 0 bridgehead atoms. The molecule has 0 saturated heterocycles. The number of methoxy groups -OCH3 is 1. The summed E-state index contributed by atoms with van der Waals surface area (Å²) < 4.78 is 13.8. The second-order valence-corrected chi connectivity index (χ2v) is 11.3. The lowest BCUT2D eigenvalue weighted by Gasteiger charge is -2.35. The highest BCUT2D eigenvalue weighted by Gasteiger charge is 2.34. The number of likely N-dealkylation sites (N-methyl/N-ethyl adjacent to an activating group) is 1. The second kappa shape index (κ2) is 12.9. The number of nitrogens with one attached hydrogen (secondary N) is 1. The molecule has 0 aliphatic carbocycles. The van der Waals surface area contributed by atoms with Crippen LogP contribution in [0.4, 0.5) is 10.5 Å². The maximum Gasteiger partial charge on any atom is 0.321 e. The number of amides is 3. The monoisotopic (exact) mass is 584 g/mol. The molecule has 9 nitrogen and oxygen atoms in total. The summed E-state index contributed by atoms with van der Waals surface area (Å²) >= 11 is 0. The van der Waals surface area contributed by atoms with Crippen molar-refractivity contribution in [2.45, 2.75) is 32.6 Å². The fourth-order valence-corrected chi connectivity index (χ4v) is 5.80. The van der Waals surface area contributed by atoms with Crippen LogP contribution in [0.15, 0.2) is 72.8 Å². The van der Waals surface area contributed by atoms with Crippen molar-refractivity contribution in [3.63, 3.8) is 0 Å². The van der Waals surface area contributed by atoms with Gasteiger partial charge in [-0.25, -0.2) is 4.79 Å². The predicted molar refractivity (Wildman–Crippen MR) is 168 cm³/mol. The summed E-state index contributed by atoms with van der Waals surface area (Å²) in [6.07, 6.45) is -0.395. The molecular formula is C34H40N4O5. The average Bonchev–Trinajstić information content (AvgIpc) is 3.32. The summed E-state index contributed by atoms with van der Waals surface area (Å²) in [6.45, 7) is 4.64. The van der Waals surface area contributed by atoms with Gasteiger partial charge in [0.2, 0.25) is 0 Å². The molecule has 1 aliphatic heterocycles. The molecule has 0 fully saturated rings. The SMILES string of the molecule is COc1cccc(NC(=O)N(C)C[C@H]2OCc3ccccc3-c3c(n(C)c4ccccc34)C(=O)N([C@@H](C)CO)C[C@H]2C)c1. The lowest BCUT2D eigenvalue weighted by atomic mass is 9.96. The highest BCUT2D eigenvalue weighted by molar-refractivity contribution is 6.10. The molecule has 3 aromatic carbocycles. The highest BCUT2D eigenvalue weighted by Crippen LogP contribution is 2.38. The molecule has 1 aromatic heterocycles. The number of carbonyl (C=O) groups excluding carboxylic acids is 2. The van der Waals surface area contributed by atoms with Crippen LogP contribution in [0.25, 0.3) is 22.0 Å². The molecule has 0 radical (unpaired) electrons. The molecule has 4 aromatic rings. The van der Waals surface area contributed by atoms with E-state index >= 15 is 0 Å². The van der Waals surface area contributed by atoms with Crippen LogP contribution in [-0.2, 0) is 18.4 Å². The first-order valence-corrected chi connectivity index (χ1v) is 14.6. The Bertz CT molecular complexity index is 1620. The number of aryl methyl sites for hydroxylation is 1. The lowest BCUT2D eigenvalue weighted by molar-refractivity contribution is -0.0179. The molecule has 9 heteroatoms. The van der Waals surface area contributed by atoms with Crippen molar-refractivity contribution in [2.24, 2.45) is 13.0 Å². The van der Waals surface area contributed by atoms with E-state index in [9.17, 15) is 14.7 Å². The first-order valence-electron chi connectivity index (χ1n) is 14.6. The fraction of sp³-hybridized carbons (Fsp3) is 0.353. The first-order chi connectivity index (χ1) is 20.7. The number of rotatable bonds is 6. The number of carbonyl (C=O) groups is 2. The number of ether oxygens (including phenoxy) is 2. The van der Waals surface area contributed by atoms with E-state index < -0.39 is 12.1 Å². The van der Waals surface area contributed by atoms with Crippen LogP contribution in [0.1, 0.15) is 29.9 Å². The fourth-order valence-electron chi connectivity index (χ4n) is 5.80. The zero-order valence-corrected chi connectivity index (χ0v) is 25.4. The number of nitrogens with zero attached hydrogens (tertiary/aromatic N) is 3. The number of benzene rings is 3. The minimum absolute atomic E-state index is 0.151. The minimum Gasteiger partial charge on any atom is -0.497 e. The van der Waals surface area contributed by atoms with Crippen LogP contribution in [0.5, 0.6) is 5.75 Å². The van der Waals surface area contributed by atoms with Gasteiger partial charge in [-0.05, 0) is 36.2 Å². The number of hydrogen-bond donors (Lipinski definition) is 2. The van der Waals surface area contributed by atoms with Crippen LogP contribution in [0, 0.1) is 5.92 Å². The van der Waals surface area contributed by atoms with Gasteiger partial charge in [0.25, 0.3) is 5.91 Å². The number of fused-ring (bicyclic) bond motifs is 5. The van der Waals surface area contributed by atoms with E-state index in [4.69, 9.17) is 9.47 Å². The molecule has 43 heavy (non-hydrogen) atoms. The highest BCUT2D eigenvalue weighted by atomic mass is 16.5. The van der Waals surface area contributed by atoms with E-state index in [-0.39, 0.29) is 24.5 Å². The van der Waals surface area contributed by atoms with Crippen molar-refractivity contribution in [3.8, 4) is 16.9 Å². The number of urea groups is 1. The van der Waals surface area contributed by atoms with Crippen LogP contribution in [0.2, 0.25) is 0 Å². The smallest absolute Gasteiger partial charge is 0.321 e. The molecule has 226 valence electrons. The van der Waals surface area contributed by atoms with E-state index in [1.165, 1.54) is 0 Å². The normalized spacial score (nSPS) is 17.9. The summed E-state index contributed by atoms with van der Waals surface area (Å²) in [5.74, 6) is 0.339. The first kappa shape index (κ1) is 30.1. The summed E-state index contributed by atoms with van der Waals surface area (Å²) in [4.78, 5) is 31.0. The van der Waals surface area contributed by atoms with Crippen molar-refractivity contribution >= 4 is 28.5 Å². The summed E-state index contributed by atoms with van der Waals surface area (Å²) in [5.41, 5.74) is 4.90. The Morgan fingerprint density at radius 1 is 1.14 bits per heavy atom. The molecule has 0 unspecified atom stereocenters. The van der Waals surface area contributed by atoms with Crippen molar-refractivity contribution in [2.75, 3.05) is 39.2 Å². The largest absolute Gasteiger partial charge is 0.497 e. The topological polar surface area (TPSA) is 96.3 Å². The van der Waals surface area contributed by atoms with Gasteiger partial charge >= 0.3 is 6.03 Å². The van der Waals surface area contributed by atoms with Crippen molar-refractivity contribution in [1.29, 1.82) is 0 Å². The number of aliphatic hydroxyl groups is 1. The van der Waals surface area contributed by atoms with Gasteiger partial charge < -0.3 is 34.3 Å². The van der Waals surface area contributed by atoms with Gasteiger partial charge in [0, 0.05) is 61.3 Å². The van der Waals surface area contributed by atoms with E-state index in [0.717, 1.165) is 27.6 Å². The van der Waals surface area contributed by atoms with Crippen LogP contribution >= 0.6 is 0 Å². The Balaban J connectivity index is 1.52. The Hall–Kier alpha value is -4.34. The third-order valence-corrected chi connectivity index (χ3v) is 8.35. The van der Waals surface area contributed by atoms with E-state index in [1.807, 2.05) is 86.1 Å². The van der Waals surface area contributed by atoms with Crippen molar-refractivity contribution < 1.29 is 24.2 Å². The second-order valence-electron chi connectivity index (χ2n) is 11.3. The molecule has 5 rings (SSSR count). The van der Waals surface area contributed by atoms with E-state index in [0.29, 0.717) is 36.8 Å². The third kappa shape index (κ3) is 6.09. The molecule has 3 amide bonds. The quantitative estimate of drug-likeness (QED) is 0.318. The van der Waals surface area contributed by atoms with Crippen LogP contribution < -0.4 is 10.1 Å². The van der Waals surface area contributed by atoms with Gasteiger partial charge in [0.1, 0.15) is 11.4 Å². The molecule has 1 aliphatic rings. The Labute approximate surface area is 252 Å². The van der Waals surface area contributed by atoms with Crippen LogP contribution in [0.3, 0.4) is 0 Å². The minimum atomic E-state index is -0.424. The predicted octanol–water partition coefficient (Wildman–Crippen LogP) is 5.38. The van der Waals surface area contributed by atoms with Gasteiger partial charge in [-0.1, -0.05) is 55.5 Å². The summed E-state index contributed by atoms with van der Waals surface area (Å²) in [5, 5.41) is 14.1. The third-order valence-electron chi connectivity index (χ3n) is 8.35. The number of para-hydroxylation sites is 1. The van der Waals surface area contributed by atoms with Gasteiger partial charge in [0.05, 0.1) is 32.5 Å². The molecule has 3 atom stereocenters. The van der Waals surface area contributed by atoms with Gasteiger partial charge in [0.15, 0.2) is 0 Å². The van der Waals surface area contributed by atoms with Gasteiger partial charge in [-0.3, -0.25) is 4.79 Å². The number of anilines is 1. The molecule has 0 spiro atoms. The lowest BCUT2D eigenvalue weighted by Crippen LogP contribution is -2.48. The number of aromatic nitrogens is 1. The summed E-state index contributed by atoms with van der Waals surface area (Å²) in [7, 11) is 5.23. The maximum absolute atomic E-state index is 14.5. The Kier molecular flexibility index (Phi) is 9.03. The van der Waals surface area contributed by atoms with Crippen molar-refractivity contribution in [3.05, 3.63) is 84.1 Å². The van der Waals surface area contributed by atoms with Crippen LogP contribution in [-0.4, -0.2) is 77.4 Å². The molecule has 0 saturated carbocycles. The van der Waals surface area contributed by atoms with E-state index in [2.05, 4.69) is 5.32 Å².